The van der Waals surface area contributed by atoms with Crippen molar-refractivity contribution in [1.29, 1.82) is 0 Å². The van der Waals surface area contributed by atoms with E-state index in [0.717, 1.165) is 12.1 Å². The minimum Gasteiger partial charge on any atom is -0.451 e. The number of fused-ring (bicyclic) bond motifs is 1. The average Bonchev–Trinajstić information content (AvgIpc) is 3.45. The smallest absolute Gasteiger partial charge is 0.404 e. The van der Waals surface area contributed by atoms with Gasteiger partial charge in [-0.05, 0) is 25.0 Å². The highest BCUT2D eigenvalue weighted by Gasteiger charge is 2.32. The van der Waals surface area contributed by atoms with Crippen LogP contribution < -0.4 is 16.2 Å². The van der Waals surface area contributed by atoms with Gasteiger partial charge in [-0.3, -0.25) is 0 Å². The Kier molecular flexibility index (Phi) is 6.01. The molecule has 0 bridgehead atoms. The summed E-state index contributed by atoms with van der Waals surface area (Å²) in [6, 6.07) is 2.87. The molecular formula is C23H17F5N6O3. The molecule has 2 aromatic carbocycles. The molecule has 1 saturated carbocycles. The van der Waals surface area contributed by atoms with Crippen LogP contribution in [0.2, 0.25) is 0 Å². The van der Waals surface area contributed by atoms with E-state index in [9.17, 15) is 22.4 Å². The molecule has 0 spiro atoms. The number of anilines is 1. The van der Waals surface area contributed by atoms with Crippen LogP contribution in [0.15, 0.2) is 30.6 Å². The van der Waals surface area contributed by atoms with E-state index in [0.29, 0.717) is 24.9 Å². The minimum atomic E-state index is -1.77. The van der Waals surface area contributed by atoms with Gasteiger partial charge in [0, 0.05) is 24.1 Å². The highest BCUT2D eigenvalue weighted by molar-refractivity contribution is 5.98. The van der Waals surface area contributed by atoms with Crippen LogP contribution in [0.1, 0.15) is 25.3 Å². The van der Waals surface area contributed by atoms with Crippen molar-refractivity contribution < 1.29 is 36.2 Å². The molecule has 1 amide bonds. The number of halogens is 5. The summed E-state index contributed by atoms with van der Waals surface area (Å²) in [7, 11) is 0. The number of ether oxygens (including phenoxy) is 2. The van der Waals surface area contributed by atoms with Crippen LogP contribution in [0, 0.1) is 29.1 Å². The van der Waals surface area contributed by atoms with Crippen molar-refractivity contribution >= 4 is 22.9 Å². The maximum absolute atomic E-state index is 15.2. The van der Waals surface area contributed by atoms with Crippen molar-refractivity contribution in [2.45, 2.75) is 31.4 Å². The first-order valence-corrected chi connectivity index (χ1v) is 10.9. The van der Waals surface area contributed by atoms with Gasteiger partial charge in [0.25, 0.3) is 0 Å². The number of carbonyl (C=O) groups excluding carboxylic acids is 1. The summed E-state index contributed by atoms with van der Waals surface area (Å²) in [5, 5.41) is 4.75. The van der Waals surface area contributed by atoms with E-state index >= 15 is 4.39 Å². The summed E-state index contributed by atoms with van der Waals surface area (Å²) < 4.78 is 81.7. The third-order valence-corrected chi connectivity index (χ3v) is 5.99. The van der Waals surface area contributed by atoms with Crippen LogP contribution in [0.4, 0.5) is 32.6 Å². The lowest BCUT2D eigenvalue weighted by Gasteiger charge is -2.12. The molecule has 14 heteroatoms. The number of hydrogen-bond donors (Lipinski definition) is 2. The molecule has 2 atom stereocenters. The van der Waals surface area contributed by atoms with Crippen molar-refractivity contribution in [3.63, 3.8) is 0 Å². The fourth-order valence-corrected chi connectivity index (χ4v) is 4.36. The molecular weight excluding hydrogens is 503 g/mol. The number of aromatic nitrogens is 4. The van der Waals surface area contributed by atoms with Crippen LogP contribution in [0.25, 0.3) is 22.3 Å². The second-order valence-corrected chi connectivity index (χ2v) is 8.32. The third kappa shape index (κ3) is 4.34. The number of nitrogen functional groups attached to an aromatic ring is 1. The molecule has 1 fully saturated rings. The Balaban J connectivity index is 1.52. The third-order valence-electron chi connectivity index (χ3n) is 5.99. The summed E-state index contributed by atoms with van der Waals surface area (Å²) >= 11 is 0. The van der Waals surface area contributed by atoms with Crippen molar-refractivity contribution in [2.24, 2.45) is 5.73 Å². The van der Waals surface area contributed by atoms with Crippen LogP contribution in [-0.4, -0.2) is 31.9 Å². The van der Waals surface area contributed by atoms with Gasteiger partial charge < -0.3 is 20.9 Å². The Morgan fingerprint density at radius 2 is 1.73 bits per heavy atom. The average molecular weight is 520 g/mol. The summed E-state index contributed by atoms with van der Waals surface area (Å²) in [5.74, 6) is -9.59. The SMILES string of the molecule is NC(=O)O[C@H]1CC[C@H](n2nc(-c3ccc(Oc4c(F)c(F)cc(F)c4F)cc3F)c3c(N)ncnc32)C1. The predicted octanol–water partition coefficient (Wildman–Crippen LogP) is 4.75. The van der Waals surface area contributed by atoms with Gasteiger partial charge in [0.15, 0.2) is 17.3 Å². The number of rotatable bonds is 5. The Labute approximate surface area is 204 Å². The first-order valence-electron chi connectivity index (χ1n) is 10.9. The van der Waals surface area contributed by atoms with Gasteiger partial charge in [-0.25, -0.2) is 32.6 Å². The molecule has 1 aliphatic carbocycles. The summed E-state index contributed by atoms with van der Waals surface area (Å²) in [4.78, 5) is 19.3. The van der Waals surface area contributed by atoms with Crippen LogP contribution in [-0.2, 0) is 4.74 Å². The van der Waals surface area contributed by atoms with Gasteiger partial charge in [-0.1, -0.05) is 0 Å². The molecule has 2 aromatic heterocycles. The molecule has 0 unspecified atom stereocenters. The number of nitrogens with two attached hydrogens (primary N) is 2. The Morgan fingerprint density at radius 3 is 2.41 bits per heavy atom. The van der Waals surface area contributed by atoms with Gasteiger partial charge in [0.05, 0.1) is 11.4 Å². The van der Waals surface area contributed by atoms with Gasteiger partial charge in [-0.15, -0.1) is 0 Å². The molecule has 9 nitrogen and oxygen atoms in total. The molecule has 2 heterocycles. The van der Waals surface area contributed by atoms with E-state index in [-0.39, 0.29) is 34.6 Å². The highest BCUT2D eigenvalue weighted by Crippen LogP contribution is 2.39. The lowest BCUT2D eigenvalue weighted by Crippen LogP contribution is -2.21. The number of carbonyl (C=O) groups is 1. The standard InChI is InChI=1S/C23H17F5N6O3/c24-13-6-11(36-20-17(27)14(25)7-15(26)18(20)28)3-4-12(13)19-16-21(29)31-8-32-22(16)34(33-19)9-1-2-10(5-9)37-23(30)35/h3-4,6-10H,1-2,5H2,(H2,30,35)(H2,29,31,32)/t9-,10-/m0/s1. The molecule has 37 heavy (non-hydrogen) atoms. The van der Waals surface area contributed by atoms with Gasteiger partial charge in [0.1, 0.15) is 35.5 Å². The van der Waals surface area contributed by atoms with Gasteiger partial charge in [-0.2, -0.15) is 13.9 Å². The topological polar surface area (TPSA) is 131 Å². The Morgan fingerprint density at radius 1 is 1.00 bits per heavy atom. The lowest BCUT2D eigenvalue weighted by atomic mass is 10.1. The fourth-order valence-electron chi connectivity index (χ4n) is 4.36. The van der Waals surface area contributed by atoms with Crippen molar-refractivity contribution in [2.75, 3.05) is 5.73 Å². The van der Waals surface area contributed by atoms with Gasteiger partial charge >= 0.3 is 6.09 Å². The molecule has 0 saturated heterocycles. The zero-order chi connectivity index (χ0) is 26.4. The molecule has 192 valence electrons. The lowest BCUT2D eigenvalue weighted by molar-refractivity contribution is 0.108. The van der Waals surface area contributed by atoms with E-state index in [4.69, 9.17) is 20.9 Å². The molecule has 1 aliphatic rings. The molecule has 5 rings (SSSR count). The summed E-state index contributed by atoms with van der Waals surface area (Å²) in [6.07, 6.45) is 1.38. The first-order chi connectivity index (χ1) is 17.6. The zero-order valence-electron chi connectivity index (χ0n) is 18.7. The van der Waals surface area contributed by atoms with Crippen LogP contribution in [0.5, 0.6) is 11.5 Å². The maximum atomic E-state index is 15.2. The Hall–Kier alpha value is -4.49. The van der Waals surface area contributed by atoms with Crippen LogP contribution in [0.3, 0.4) is 0 Å². The summed E-state index contributed by atoms with van der Waals surface area (Å²) in [5.41, 5.74) is 11.5. The van der Waals surface area contributed by atoms with E-state index in [2.05, 4.69) is 15.1 Å². The van der Waals surface area contributed by atoms with E-state index < -0.39 is 52.8 Å². The largest absolute Gasteiger partial charge is 0.451 e. The summed E-state index contributed by atoms with van der Waals surface area (Å²) in [6.45, 7) is 0. The van der Waals surface area contributed by atoms with E-state index in [1.807, 2.05) is 0 Å². The van der Waals surface area contributed by atoms with Crippen LogP contribution >= 0.6 is 0 Å². The van der Waals surface area contributed by atoms with Gasteiger partial charge in [0.2, 0.25) is 17.4 Å². The molecule has 0 radical (unpaired) electrons. The minimum absolute atomic E-state index is 0.0216. The number of primary amides is 1. The van der Waals surface area contributed by atoms with Crippen molar-refractivity contribution in [3.8, 4) is 22.8 Å². The van der Waals surface area contributed by atoms with E-state index in [1.165, 1.54) is 17.1 Å². The molecule has 4 N–H and O–H groups in total. The second kappa shape index (κ2) is 9.19. The molecule has 0 aliphatic heterocycles. The number of nitrogens with zero attached hydrogens (tertiary/aromatic N) is 4. The molecule has 4 aromatic rings. The normalized spacial score (nSPS) is 17.3. The van der Waals surface area contributed by atoms with E-state index in [1.54, 1.807) is 0 Å². The second-order valence-electron chi connectivity index (χ2n) is 8.32. The monoisotopic (exact) mass is 520 g/mol. The predicted molar refractivity (Wildman–Crippen MR) is 119 cm³/mol. The quantitative estimate of drug-likeness (QED) is 0.287. The van der Waals surface area contributed by atoms with Crippen molar-refractivity contribution in [3.05, 3.63) is 59.7 Å². The zero-order valence-corrected chi connectivity index (χ0v) is 18.7. The Bertz CT molecular complexity index is 1520. The first kappa shape index (κ1) is 24.2. The number of hydrogen-bond acceptors (Lipinski definition) is 7. The number of benzene rings is 2. The van der Waals surface area contributed by atoms with Crippen molar-refractivity contribution in [1.82, 2.24) is 19.7 Å². The highest BCUT2D eigenvalue weighted by atomic mass is 19.2. The fraction of sp³-hybridized carbons (Fsp3) is 0.217. The maximum Gasteiger partial charge on any atom is 0.404 e. The number of amides is 1.